The van der Waals surface area contributed by atoms with Gasteiger partial charge in [0.25, 0.3) is 0 Å². The Kier molecular flexibility index (Phi) is 4.70. The number of hydrogen-bond acceptors (Lipinski definition) is 2. The number of carbonyl (C=O) groups is 1. The maximum atomic E-state index is 11.3. The van der Waals surface area contributed by atoms with E-state index in [0.717, 1.165) is 18.5 Å². The molecule has 0 aromatic carbocycles. The van der Waals surface area contributed by atoms with Gasteiger partial charge in [-0.25, -0.2) is 0 Å². The summed E-state index contributed by atoms with van der Waals surface area (Å²) < 4.78 is 2.03. The van der Waals surface area contributed by atoms with E-state index in [1.54, 1.807) is 6.08 Å². The number of ketones is 1. The van der Waals surface area contributed by atoms with Crippen molar-refractivity contribution in [3.8, 4) is 0 Å². The zero-order valence-corrected chi connectivity index (χ0v) is 10.9. The minimum absolute atomic E-state index is 0. The van der Waals surface area contributed by atoms with Gasteiger partial charge in [0, 0.05) is 50.8 Å². The summed E-state index contributed by atoms with van der Waals surface area (Å²) in [4.78, 5) is 13.4. The quantitative estimate of drug-likeness (QED) is 0.608. The van der Waals surface area contributed by atoms with Gasteiger partial charge in [-0.15, -0.1) is 0 Å². The first kappa shape index (κ1) is 13.7. The molecule has 0 spiro atoms. The Morgan fingerprint density at radius 2 is 1.82 bits per heavy atom. The second-order valence-corrected chi connectivity index (χ2v) is 4.31. The number of aromatic nitrogens is 1. The summed E-state index contributed by atoms with van der Waals surface area (Å²) in [6.07, 6.45) is 8.43. The SMILES string of the molecule is CN(C)c1cc[n+](C2=CC(=O)CCC2)cc1.[Cl-]. The van der Waals surface area contributed by atoms with Crippen LogP contribution < -0.4 is 21.9 Å². The summed E-state index contributed by atoms with van der Waals surface area (Å²) in [5.41, 5.74) is 2.26. The average Bonchev–Trinajstić information content (AvgIpc) is 2.29. The van der Waals surface area contributed by atoms with Crippen LogP contribution in [0.5, 0.6) is 0 Å². The van der Waals surface area contributed by atoms with Crippen molar-refractivity contribution in [1.82, 2.24) is 0 Å². The molecule has 0 bridgehead atoms. The molecule has 0 saturated heterocycles. The molecule has 0 amide bonds. The summed E-state index contributed by atoms with van der Waals surface area (Å²) in [6.45, 7) is 0. The Morgan fingerprint density at radius 1 is 1.18 bits per heavy atom. The number of hydrogen-bond donors (Lipinski definition) is 0. The fourth-order valence-electron chi connectivity index (χ4n) is 1.89. The van der Waals surface area contributed by atoms with Crippen molar-refractivity contribution in [2.24, 2.45) is 0 Å². The van der Waals surface area contributed by atoms with E-state index in [1.807, 2.05) is 31.1 Å². The monoisotopic (exact) mass is 252 g/mol. The van der Waals surface area contributed by atoms with Crippen molar-refractivity contribution in [2.75, 3.05) is 19.0 Å². The lowest BCUT2D eigenvalue weighted by atomic mass is 10.0. The van der Waals surface area contributed by atoms with Crippen LogP contribution in [0.2, 0.25) is 0 Å². The Labute approximate surface area is 108 Å². The molecule has 2 rings (SSSR count). The predicted octanol–water partition coefficient (Wildman–Crippen LogP) is -1.36. The van der Waals surface area contributed by atoms with Crippen LogP contribution in [0.1, 0.15) is 19.3 Å². The molecule has 0 aliphatic heterocycles. The van der Waals surface area contributed by atoms with Crippen LogP contribution in [0, 0.1) is 0 Å². The second kappa shape index (κ2) is 5.82. The van der Waals surface area contributed by atoms with Gasteiger partial charge in [-0.05, 0) is 6.42 Å². The normalized spacial score (nSPS) is 14.9. The van der Waals surface area contributed by atoms with Gasteiger partial charge in [0.1, 0.15) is 0 Å². The first-order valence-corrected chi connectivity index (χ1v) is 5.59. The highest BCUT2D eigenvalue weighted by Crippen LogP contribution is 2.15. The van der Waals surface area contributed by atoms with Gasteiger partial charge < -0.3 is 17.3 Å². The molecule has 3 nitrogen and oxygen atoms in total. The molecule has 0 atom stereocenters. The highest BCUT2D eigenvalue weighted by Gasteiger charge is 2.17. The van der Waals surface area contributed by atoms with E-state index in [4.69, 9.17) is 0 Å². The fraction of sp³-hybridized carbons (Fsp3) is 0.385. The van der Waals surface area contributed by atoms with Crippen molar-refractivity contribution in [3.05, 3.63) is 30.6 Å². The number of carbonyl (C=O) groups excluding carboxylic acids is 1. The second-order valence-electron chi connectivity index (χ2n) is 4.31. The first-order chi connectivity index (χ1) is 7.66. The Balaban J connectivity index is 0.00000144. The number of nitrogens with zero attached hydrogens (tertiary/aromatic N) is 2. The lowest BCUT2D eigenvalue weighted by molar-refractivity contribution is -0.583. The molecular weight excluding hydrogens is 236 g/mol. The summed E-state index contributed by atoms with van der Waals surface area (Å²) >= 11 is 0. The average molecular weight is 253 g/mol. The van der Waals surface area contributed by atoms with E-state index in [2.05, 4.69) is 17.0 Å². The number of allylic oxidation sites excluding steroid dienone is 2. The van der Waals surface area contributed by atoms with Crippen molar-refractivity contribution in [1.29, 1.82) is 0 Å². The minimum atomic E-state index is 0. The van der Waals surface area contributed by atoms with E-state index in [9.17, 15) is 4.79 Å². The van der Waals surface area contributed by atoms with E-state index in [0.29, 0.717) is 6.42 Å². The molecule has 1 aromatic heterocycles. The number of pyridine rings is 1. The molecule has 4 heteroatoms. The van der Waals surface area contributed by atoms with Crippen LogP contribution in [0.4, 0.5) is 5.69 Å². The van der Waals surface area contributed by atoms with Crippen LogP contribution in [0.25, 0.3) is 5.70 Å². The molecule has 0 unspecified atom stereocenters. The first-order valence-electron chi connectivity index (χ1n) is 5.59. The maximum Gasteiger partial charge on any atom is 0.190 e. The maximum absolute atomic E-state index is 11.3. The molecule has 17 heavy (non-hydrogen) atoms. The lowest BCUT2D eigenvalue weighted by Gasteiger charge is -2.11. The Morgan fingerprint density at radius 3 is 2.35 bits per heavy atom. The number of anilines is 1. The summed E-state index contributed by atoms with van der Waals surface area (Å²) in [5.74, 6) is 0.241. The predicted molar refractivity (Wildman–Crippen MR) is 64.1 cm³/mol. The van der Waals surface area contributed by atoms with Gasteiger partial charge in [-0.3, -0.25) is 4.79 Å². The number of rotatable bonds is 2. The molecular formula is C13H17ClN2O. The topological polar surface area (TPSA) is 24.2 Å². The van der Waals surface area contributed by atoms with Crippen LogP contribution in [0.15, 0.2) is 30.6 Å². The Bertz CT molecular complexity index is 424. The molecule has 92 valence electrons. The minimum Gasteiger partial charge on any atom is -1.00 e. The molecule has 0 saturated carbocycles. The smallest absolute Gasteiger partial charge is 0.190 e. The lowest BCUT2D eigenvalue weighted by Crippen LogP contribution is -3.00. The standard InChI is InChI=1S/C13H17N2O.ClH/c1-14(2)11-6-8-15(9-7-11)12-4-3-5-13(16)10-12;/h6-10H,3-5H2,1-2H3;1H/q+1;/p-1. The molecule has 0 radical (unpaired) electrons. The van der Waals surface area contributed by atoms with E-state index >= 15 is 0 Å². The zero-order chi connectivity index (χ0) is 11.5. The third-order valence-corrected chi connectivity index (χ3v) is 2.84. The van der Waals surface area contributed by atoms with Gasteiger partial charge in [0.2, 0.25) is 0 Å². The molecule has 0 N–H and O–H groups in total. The van der Waals surface area contributed by atoms with Crippen LogP contribution >= 0.6 is 0 Å². The number of halogens is 1. The van der Waals surface area contributed by atoms with Gasteiger partial charge >= 0.3 is 0 Å². The highest BCUT2D eigenvalue weighted by atomic mass is 35.5. The molecule has 1 aromatic rings. The molecule has 1 aliphatic rings. The van der Waals surface area contributed by atoms with Crippen molar-refractivity contribution < 1.29 is 21.8 Å². The van der Waals surface area contributed by atoms with Gasteiger partial charge in [0.15, 0.2) is 23.9 Å². The third-order valence-electron chi connectivity index (χ3n) is 2.84. The van der Waals surface area contributed by atoms with Crippen molar-refractivity contribution in [3.63, 3.8) is 0 Å². The van der Waals surface area contributed by atoms with Crippen LogP contribution in [-0.4, -0.2) is 19.9 Å². The molecule has 1 aliphatic carbocycles. The highest BCUT2D eigenvalue weighted by molar-refractivity contribution is 5.94. The zero-order valence-electron chi connectivity index (χ0n) is 10.2. The van der Waals surface area contributed by atoms with Crippen molar-refractivity contribution in [2.45, 2.75) is 19.3 Å². The molecule has 1 heterocycles. The largest absolute Gasteiger partial charge is 1.00 e. The third kappa shape index (κ3) is 3.30. The van der Waals surface area contributed by atoms with Gasteiger partial charge in [0.05, 0.1) is 0 Å². The van der Waals surface area contributed by atoms with E-state index < -0.39 is 0 Å². The molecule has 0 fully saturated rings. The summed E-state index contributed by atoms with van der Waals surface area (Å²) in [6, 6.07) is 4.11. The van der Waals surface area contributed by atoms with Gasteiger partial charge in [-0.2, -0.15) is 4.57 Å². The summed E-state index contributed by atoms with van der Waals surface area (Å²) in [5, 5.41) is 0. The summed E-state index contributed by atoms with van der Waals surface area (Å²) in [7, 11) is 4.03. The fourth-order valence-corrected chi connectivity index (χ4v) is 1.89. The van der Waals surface area contributed by atoms with Gasteiger partial charge in [-0.1, -0.05) is 0 Å². The van der Waals surface area contributed by atoms with E-state index in [-0.39, 0.29) is 18.2 Å². The Hall–Kier alpha value is -1.35. The van der Waals surface area contributed by atoms with E-state index in [1.165, 1.54) is 5.69 Å². The van der Waals surface area contributed by atoms with Crippen molar-refractivity contribution >= 4 is 17.2 Å². The van der Waals surface area contributed by atoms with Crippen LogP contribution in [0.3, 0.4) is 0 Å². The van der Waals surface area contributed by atoms with Crippen LogP contribution in [-0.2, 0) is 4.79 Å².